The number of hydrogen-bond acceptors (Lipinski definition) is 4. The number of rotatable bonds is 3. The number of nitrogen functional groups attached to an aromatic ring is 1. The Morgan fingerprint density at radius 3 is 2.90 bits per heavy atom. The number of benzene rings is 1. The second kappa shape index (κ2) is 5.96. The monoisotopic (exact) mass is 400 g/mol. The highest BCUT2D eigenvalue weighted by Crippen LogP contribution is 2.37. The molecule has 108 valence electrons. The minimum absolute atomic E-state index is 0.172. The van der Waals surface area contributed by atoms with Crippen LogP contribution in [0.25, 0.3) is 10.1 Å². The van der Waals surface area contributed by atoms with Crippen LogP contribution in [-0.2, 0) is 6.54 Å². The van der Waals surface area contributed by atoms with Gasteiger partial charge in [-0.25, -0.2) is 0 Å². The number of thiophene rings is 2. The van der Waals surface area contributed by atoms with Crippen LogP contribution in [0.5, 0.6) is 0 Å². The normalized spacial score (nSPS) is 11.0. The zero-order valence-corrected chi connectivity index (χ0v) is 14.6. The molecule has 0 saturated carbocycles. The van der Waals surface area contributed by atoms with Crippen molar-refractivity contribution in [3.05, 3.63) is 48.9 Å². The molecule has 0 radical (unpaired) electrons. The highest BCUT2D eigenvalue weighted by Gasteiger charge is 2.17. The Kier molecular flexibility index (Phi) is 4.21. The van der Waals surface area contributed by atoms with E-state index in [-0.39, 0.29) is 5.91 Å². The summed E-state index contributed by atoms with van der Waals surface area (Å²) in [5.41, 5.74) is 6.52. The van der Waals surface area contributed by atoms with Crippen molar-refractivity contribution in [1.82, 2.24) is 5.32 Å². The van der Waals surface area contributed by atoms with Gasteiger partial charge >= 0.3 is 0 Å². The molecule has 2 aromatic heterocycles. The molecule has 0 aliphatic carbocycles. The summed E-state index contributed by atoms with van der Waals surface area (Å²) in [6.45, 7) is 0.483. The van der Waals surface area contributed by atoms with Crippen LogP contribution in [0.2, 0.25) is 5.02 Å². The van der Waals surface area contributed by atoms with Crippen LogP contribution in [-0.4, -0.2) is 5.91 Å². The van der Waals surface area contributed by atoms with Gasteiger partial charge in [-0.2, -0.15) is 0 Å². The molecule has 0 spiro atoms. The molecule has 7 heteroatoms. The Balaban J connectivity index is 1.84. The molecular weight excluding hydrogens is 392 g/mol. The number of nitrogens with two attached hydrogens (primary N) is 1. The predicted molar refractivity (Wildman–Crippen MR) is 94.4 cm³/mol. The highest BCUT2D eigenvalue weighted by atomic mass is 79.9. The molecule has 21 heavy (non-hydrogen) atoms. The van der Waals surface area contributed by atoms with Gasteiger partial charge in [-0.15, -0.1) is 22.7 Å². The summed E-state index contributed by atoms with van der Waals surface area (Å²) in [5, 5.41) is 6.20. The minimum atomic E-state index is -0.172. The number of carbonyl (C=O) groups excluding carboxylic acids is 1. The van der Waals surface area contributed by atoms with Crippen LogP contribution >= 0.6 is 50.2 Å². The van der Waals surface area contributed by atoms with Gasteiger partial charge in [-0.1, -0.05) is 17.7 Å². The van der Waals surface area contributed by atoms with Gasteiger partial charge in [0.2, 0.25) is 0 Å². The van der Waals surface area contributed by atoms with Crippen LogP contribution in [0, 0.1) is 0 Å². The summed E-state index contributed by atoms with van der Waals surface area (Å²) in [5.74, 6) is -0.172. The number of halogens is 2. The van der Waals surface area contributed by atoms with E-state index in [9.17, 15) is 4.79 Å². The molecule has 3 N–H and O–H groups in total. The van der Waals surface area contributed by atoms with Crippen molar-refractivity contribution in [2.45, 2.75) is 6.54 Å². The lowest BCUT2D eigenvalue weighted by Crippen LogP contribution is -2.22. The summed E-state index contributed by atoms with van der Waals surface area (Å²) in [7, 11) is 0. The molecule has 0 bridgehead atoms. The number of fused-ring (bicyclic) bond motifs is 1. The molecule has 0 fully saturated rings. The Bertz CT molecular complexity index is 828. The van der Waals surface area contributed by atoms with E-state index in [1.54, 1.807) is 17.4 Å². The summed E-state index contributed by atoms with van der Waals surface area (Å²) in [4.78, 5) is 13.9. The topological polar surface area (TPSA) is 55.1 Å². The SMILES string of the molecule is Nc1c(C(=O)NCc2cc(Br)cs2)sc2cccc(Cl)c12. The lowest BCUT2D eigenvalue weighted by molar-refractivity contribution is 0.0956. The van der Waals surface area contributed by atoms with E-state index in [4.69, 9.17) is 17.3 Å². The van der Waals surface area contributed by atoms with Crippen molar-refractivity contribution in [3.8, 4) is 0 Å². The summed E-state index contributed by atoms with van der Waals surface area (Å²) >= 11 is 12.5. The lowest BCUT2D eigenvalue weighted by Gasteiger charge is -2.02. The minimum Gasteiger partial charge on any atom is -0.397 e. The number of amides is 1. The Morgan fingerprint density at radius 2 is 2.24 bits per heavy atom. The first-order valence-corrected chi connectivity index (χ1v) is 8.90. The Hall–Kier alpha value is -1.08. The second-order valence-electron chi connectivity index (χ2n) is 4.37. The molecular formula is C14H10BrClN2OS2. The summed E-state index contributed by atoms with van der Waals surface area (Å²) in [6, 6.07) is 7.52. The largest absolute Gasteiger partial charge is 0.397 e. The second-order valence-corrected chi connectivity index (χ2v) is 7.74. The van der Waals surface area contributed by atoms with E-state index in [1.807, 2.05) is 23.6 Å². The molecule has 0 unspecified atom stereocenters. The van der Waals surface area contributed by atoms with Crippen LogP contribution in [0.3, 0.4) is 0 Å². The van der Waals surface area contributed by atoms with Crippen molar-refractivity contribution in [3.63, 3.8) is 0 Å². The molecule has 2 heterocycles. The van der Waals surface area contributed by atoms with E-state index in [0.717, 1.165) is 19.4 Å². The van der Waals surface area contributed by atoms with E-state index in [1.165, 1.54) is 11.3 Å². The lowest BCUT2D eigenvalue weighted by atomic mass is 10.2. The molecule has 3 aromatic rings. The van der Waals surface area contributed by atoms with E-state index in [2.05, 4.69) is 21.2 Å². The van der Waals surface area contributed by atoms with Crippen LogP contribution in [0.1, 0.15) is 14.5 Å². The maximum atomic E-state index is 12.3. The Labute approximate surface area is 142 Å². The third-order valence-corrected chi connectivity index (χ3v) is 6.13. The third kappa shape index (κ3) is 2.94. The average Bonchev–Trinajstić information content (AvgIpc) is 3.01. The molecule has 1 amide bonds. The van der Waals surface area contributed by atoms with E-state index >= 15 is 0 Å². The van der Waals surface area contributed by atoms with Crippen LogP contribution < -0.4 is 11.1 Å². The first-order valence-electron chi connectivity index (χ1n) is 6.04. The van der Waals surface area contributed by atoms with Crippen LogP contribution in [0.15, 0.2) is 34.1 Å². The number of carbonyl (C=O) groups is 1. The molecule has 0 atom stereocenters. The zero-order chi connectivity index (χ0) is 15.0. The van der Waals surface area contributed by atoms with Crippen molar-refractivity contribution in [2.75, 3.05) is 5.73 Å². The van der Waals surface area contributed by atoms with Gasteiger partial charge in [-0.3, -0.25) is 4.79 Å². The number of hydrogen-bond donors (Lipinski definition) is 2. The first-order chi connectivity index (χ1) is 10.1. The number of anilines is 1. The van der Waals surface area contributed by atoms with E-state index in [0.29, 0.717) is 22.1 Å². The Morgan fingerprint density at radius 1 is 1.43 bits per heavy atom. The zero-order valence-electron chi connectivity index (χ0n) is 10.7. The van der Waals surface area contributed by atoms with Crippen molar-refractivity contribution in [2.24, 2.45) is 0 Å². The molecule has 0 saturated heterocycles. The molecule has 0 aliphatic heterocycles. The van der Waals surface area contributed by atoms with Crippen molar-refractivity contribution < 1.29 is 4.79 Å². The van der Waals surface area contributed by atoms with Crippen molar-refractivity contribution >= 4 is 71.9 Å². The highest BCUT2D eigenvalue weighted by molar-refractivity contribution is 9.10. The van der Waals surface area contributed by atoms with Gasteiger partial charge in [0.15, 0.2) is 0 Å². The molecule has 3 rings (SSSR count). The fraction of sp³-hybridized carbons (Fsp3) is 0.0714. The maximum Gasteiger partial charge on any atom is 0.263 e. The first kappa shape index (κ1) is 14.8. The molecule has 0 aliphatic rings. The van der Waals surface area contributed by atoms with Crippen molar-refractivity contribution in [1.29, 1.82) is 0 Å². The van der Waals surface area contributed by atoms with Crippen LogP contribution in [0.4, 0.5) is 5.69 Å². The molecule has 1 aromatic carbocycles. The average molecular weight is 402 g/mol. The predicted octanol–water partition coefficient (Wildman–Crippen LogP) is 4.89. The van der Waals surface area contributed by atoms with Gasteiger partial charge in [0.1, 0.15) is 4.88 Å². The van der Waals surface area contributed by atoms with Gasteiger partial charge in [0, 0.05) is 24.8 Å². The fourth-order valence-corrected chi connectivity index (χ4v) is 4.78. The van der Waals surface area contributed by atoms with Gasteiger partial charge in [0.25, 0.3) is 5.91 Å². The maximum absolute atomic E-state index is 12.3. The smallest absolute Gasteiger partial charge is 0.263 e. The van der Waals surface area contributed by atoms with E-state index < -0.39 is 0 Å². The summed E-state index contributed by atoms with van der Waals surface area (Å²) < 4.78 is 1.94. The molecule has 3 nitrogen and oxygen atoms in total. The number of nitrogens with one attached hydrogen (secondary N) is 1. The van der Waals surface area contributed by atoms with Gasteiger partial charge in [0.05, 0.1) is 17.3 Å². The van der Waals surface area contributed by atoms with Gasteiger partial charge < -0.3 is 11.1 Å². The van der Waals surface area contributed by atoms with Gasteiger partial charge in [-0.05, 0) is 34.1 Å². The summed E-state index contributed by atoms with van der Waals surface area (Å²) in [6.07, 6.45) is 0. The standard InChI is InChI=1S/C14H10BrClN2OS2/c15-7-4-8(20-6-7)5-18-14(19)13-12(17)11-9(16)2-1-3-10(11)21-13/h1-4,6H,5,17H2,(H,18,19). The fourth-order valence-electron chi connectivity index (χ4n) is 1.99. The quantitative estimate of drug-likeness (QED) is 0.656. The third-order valence-electron chi connectivity index (χ3n) is 2.95.